The van der Waals surface area contributed by atoms with Crippen LogP contribution in [-0.4, -0.2) is 18.8 Å². The molecule has 0 heterocycles. The first-order valence-corrected chi connectivity index (χ1v) is 9.05. The molecular weight excluding hydrogens is 366 g/mol. The molecule has 0 amide bonds. The number of hydrogen-bond acceptors (Lipinski definition) is 2. The molecule has 0 aromatic heterocycles. The van der Waals surface area contributed by atoms with Crippen molar-refractivity contribution in [3.63, 3.8) is 0 Å². The van der Waals surface area contributed by atoms with E-state index in [4.69, 9.17) is 11.6 Å². The van der Waals surface area contributed by atoms with Crippen molar-refractivity contribution >= 4 is 39.3 Å². The van der Waals surface area contributed by atoms with Gasteiger partial charge in [-0.25, -0.2) is 0 Å². The molecule has 4 heteroatoms. The molecule has 0 spiro atoms. The van der Waals surface area contributed by atoms with Crippen LogP contribution in [-0.2, 0) is 6.42 Å². The second-order valence-corrected chi connectivity index (χ2v) is 7.47. The van der Waals surface area contributed by atoms with Gasteiger partial charge >= 0.3 is 0 Å². The van der Waals surface area contributed by atoms with Gasteiger partial charge in [-0.05, 0) is 55.8 Å². The summed E-state index contributed by atoms with van der Waals surface area (Å²) in [4.78, 5) is 1.28. The topological polar surface area (TPSA) is 12.0 Å². The summed E-state index contributed by atoms with van der Waals surface area (Å²) >= 11 is 11.7. The highest BCUT2D eigenvalue weighted by atomic mass is 79.9. The molecule has 0 fully saturated rings. The Morgan fingerprint density at radius 1 is 1.24 bits per heavy atom. The predicted octanol–water partition coefficient (Wildman–Crippen LogP) is 5.33. The van der Waals surface area contributed by atoms with Crippen LogP contribution in [0.5, 0.6) is 0 Å². The number of likely N-dealkylation sites (N-methyl/N-ethyl adjacent to an activating group) is 1. The van der Waals surface area contributed by atoms with Gasteiger partial charge in [0.15, 0.2) is 0 Å². The Morgan fingerprint density at radius 3 is 2.71 bits per heavy atom. The van der Waals surface area contributed by atoms with Crippen molar-refractivity contribution in [2.75, 3.05) is 12.8 Å². The van der Waals surface area contributed by atoms with E-state index in [-0.39, 0.29) is 0 Å². The minimum atomic E-state index is 0.397. The first kappa shape index (κ1) is 16.9. The largest absolute Gasteiger partial charge is 0.316 e. The van der Waals surface area contributed by atoms with E-state index in [2.05, 4.69) is 58.5 Å². The number of halogens is 2. The van der Waals surface area contributed by atoms with E-state index in [0.29, 0.717) is 6.04 Å². The second-order valence-electron chi connectivity index (χ2n) is 5.05. The molecule has 0 aliphatic rings. The molecule has 1 N–H and O–H groups in total. The quantitative estimate of drug-likeness (QED) is 0.675. The van der Waals surface area contributed by atoms with Crippen molar-refractivity contribution in [1.29, 1.82) is 0 Å². The van der Waals surface area contributed by atoms with Crippen molar-refractivity contribution in [1.82, 2.24) is 5.32 Å². The first-order valence-electron chi connectivity index (χ1n) is 6.89. The Balaban J connectivity index is 1.97. The fraction of sp³-hybridized carbons (Fsp3) is 0.294. The van der Waals surface area contributed by atoms with Crippen molar-refractivity contribution < 1.29 is 0 Å². The van der Waals surface area contributed by atoms with E-state index in [9.17, 15) is 0 Å². The SMILES string of the molecule is CNC(CSc1cccc(Br)c1)Cc1ccc(C)cc1Cl. The maximum atomic E-state index is 6.33. The number of rotatable bonds is 6. The summed E-state index contributed by atoms with van der Waals surface area (Å²) in [7, 11) is 2.01. The van der Waals surface area contributed by atoms with E-state index < -0.39 is 0 Å². The Kier molecular flexibility index (Phi) is 6.62. The molecule has 112 valence electrons. The Hall–Kier alpha value is -0.480. The fourth-order valence-electron chi connectivity index (χ4n) is 2.08. The zero-order valence-corrected chi connectivity index (χ0v) is 15.4. The summed E-state index contributed by atoms with van der Waals surface area (Å²) in [6.45, 7) is 2.06. The summed E-state index contributed by atoms with van der Waals surface area (Å²) < 4.78 is 1.12. The van der Waals surface area contributed by atoms with E-state index in [1.807, 2.05) is 30.9 Å². The standard InChI is InChI=1S/C17H19BrClNS/c1-12-6-7-13(17(19)8-12)9-15(20-2)11-21-16-5-3-4-14(18)10-16/h3-8,10,15,20H,9,11H2,1-2H3. The lowest BCUT2D eigenvalue weighted by Crippen LogP contribution is -2.30. The summed E-state index contributed by atoms with van der Waals surface area (Å²) in [5.41, 5.74) is 2.41. The van der Waals surface area contributed by atoms with Crippen molar-refractivity contribution in [2.24, 2.45) is 0 Å². The van der Waals surface area contributed by atoms with Crippen LogP contribution in [0.4, 0.5) is 0 Å². The Labute approximate surface area is 144 Å². The molecule has 0 aliphatic carbocycles. The van der Waals surface area contributed by atoms with Crippen LogP contribution in [0.3, 0.4) is 0 Å². The highest BCUT2D eigenvalue weighted by molar-refractivity contribution is 9.10. The van der Waals surface area contributed by atoms with Crippen LogP contribution in [0.1, 0.15) is 11.1 Å². The lowest BCUT2D eigenvalue weighted by Gasteiger charge is -2.17. The zero-order chi connectivity index (χ0) is 15.2. The van der Waals surface area contributed by atoms with Crippen molar-refractivity contribution in [3.05, 3.63) is 63.1 Å². The highest BCUT2D eigenvalue weighted by Crippen LogP contribution is 2.24. The highest BCUT2D eigenvalue weighted by Gasteiger charge is 2.11. The van der Waals surface area contributed by atoms with Crippen LogP contribution in [0.2, 0.25) is 5.02 Å². The lowest BCUT2D eigenvalue weighted by molar-refractivity contribution is 0.617. The summed E-state index contributed by atoms with van der Waals surface area (Å²) in [6.07, 6.45) is 0.941. The molecule has 0 bridgehead atoms. The molecule has 0 saturated heterocycles. The molecule has 21 heavy (non-hydrogen) atoms. The van der Waals surface area contributed by atoms with Gasteiger partial charge in [0.2, 0.25) is 0 Å². The summed E-state index contributed by atoms with van der Waals surface area (Å²) in [5.74, 6) is 1.01. The van der Waals surface area contributed by atoms with Gasteiger partial charge in [-0.15, -0.1) is 11.8 Å². The molecule has 0 saturated carbocycles. The predicted molar refractivity (Wildman–Crippen MR) is 97.6 cm³/mol. The third-order valence-corrected chi connectivity index (χ3v) is 5.33. The molecule has 0 radical (unpaired) electrons. The van der Waals surface area contributed by atoms with Crippen molar-refractivity contribution in [3.8, 4) is 0 Å². The minimum Gasteiger partial charge on any atom is -0.316 e. The molecular formula is C17H19BrClNS. The van der Waals surface area contributed by atoms with E-state index in [1.54, 1.807) is 0 Å². The van der Waals surface area contributed by atoms with Gasteiger partial charge < -0.3 is 5.32 Å². The van der Waals surface area contributed by atoms with Gasteiger partial charge in [-0.1, -0.05) is 45.7 Å². The molecule has 1 unspecified atom stereocenters. The van der Waals surface area contributed by atoms with Crippen molar-refractivity contribution in [2.45, 2.75) is 24.3 Å². The molecule has 2 aromatic carbocycles. The molecule has 1 atom stereocenters. The van der Waals surface area contributed by atoms with E-state index >= 15 is 0 Å². The third-order valence-electron chi connectivity index (χ3n) is 3.33. The van der Waals surface area contributed by atoms with Gasteiger partial charge in [0, 0.05) is 26.2 Å². The number of thioether (sulfide) groups is 1. The average Bonchev–Trinajstić information content (AvgIpc) is 2.45. The normalized spacial score (nSPS) is 12.4. The van der Waals surface area contributed by atoms with Gasteiger partial charge in [0.25, 0.3) is 0 Å². The van der Waals surface area contributed by atoms with Crippen LogP contribution >= 0.6 is 39.3 Å². The number of aryl methyl sites for hydroxylation is 1. The smallest absolute Gasteiger partial charge is 0.0441 e. The maximum Gasteiger partial charge on any atom is 0.0441 e. The van der Waals surface area contributed by atoms with Crippen LogP contribution in [0, 0.1) is 6.92 Å². The first-order chi connectivity index (χ1) is 10.1. The van der Waals surface area contributed by atoms with E-state index in [0.717, 1.165) is 21.7 Å². The molecule has 1 nitrogen and oxygen atoms in total. The monoisotopic (exact) mass is 383 g/mol. The molecule has 0 aliphatic heterocycles. The zero-order valence-electron chi connectivity index (χ0n) is 12.2. The van der Waals surface area contributed by atoms with Gasteiger partial charge in [0.1, 0.15) is 0 Å². The Bertz CT molecular complexity index is 603. The minimum absolute atomic E-state index is 0.397. The van der Waals surface area contributed by atoms with Gasteiger partial charge in [0.05, 0.1) is 0 Å². The van der Waals surface area contributed by atoms with Crippen LogP contribution < -0.4 is 5.32 Å². The number of hydrogen-bond donors (Lipinski definition) is 1. The summed E-state index contributed by atoms with van der Waals surface area (Å²) in [5, 5.41) is 4.25. The average molecular weight is 385 g/mol. The van der Waals surface area contributed by atoms with E-state index in [1.165, 1.54) is 16.0 Å². The fourth-order valence-corrected chi connectivity index (χ4v) is 4.01. The maximum absolute atomic E-state index is 6.33. The number of nitrogens with one attached hydrogen (secondary N) is 1. The Morgan fingerprint density at radius 2 is 2.05 bits per heavy atom. The van der Waals surface area contributed by atoms with Crippen LogP contribution in [0.15, 0.2) is 51.8 Å². The van der Waals surface area contributed by atoms with Crippen LogP contribution in [0.25, 0.3) is 0 Å². The summed E-state index contributed by atoms with van der Waals surface area (Å²) in [6, 6.07) is 15.1. The molecule has 2 rings (SSSR count). The lowest BCUT2D eigenvalue weighted by atomic mass is 10.1. The number of benzene rings is 2. The van der Waals surface area contributed by atoms with Gasteiger partial charge in [-0.2, -0.15) is 0 Å². The third kappa shape index (κ3) is 5.33. The second kappa shape index (κ2) is 8.23. The van der Waals surface area contributed by atoms with Gasteiger partial charge in [-0.3, -0.25) is 0 Å². The molecule has 2 aromatic rings.